The second-order valence-electron chi connectivity index (χ2n) is 8.53. The zero-order chi connectivity index (χ0) is 27.6. The molecule has 7 nitrogen and oxygen atoms in total. The molecule has 0 radical (unpaired) electrons. The summed E-state index contributed by atoms with van der Waals surface area (Å²) in [5.41, 5.74) is 5.66. The van der Waals surface area contributed by atoms with Gasteiger partial charge in [-0.05, 0) is 45.7 Å². The van der Waals surface area contributed by atoms with Crippen molar-refractivity contribution in [1.82, 2.24) is 15.6 Å². The Balaban J connectivity index is 1.07. The summed E-state index contributed by atoms with van der Waals surface area (Å²) in [5.74, 6) is 2.00. The van der Waals surface area contributed by atoms with Crippen molar-refractivity contribution in [3.8, 4) is 11.5 Å². The standard InChI is InChI=1S/C30H26N4O3S3/c1-36-27-16-22(14-15-26(27)37-18-21-8-3-2-4-9-21)17-31-32-28(35)20-39-30-34-33-29(40-30)38-19-24-12-7-11-23-10-5-6-13-25(23)24/h2-17H,18-20H2,1H3,(H,32,35)/b31-17+. The summed E-state index contributed by atoms with van der Waals surface area (Å²) in [6.07, 6.45) is 1.57. The van der Waals surface area contributed by atoms with Crippen LogP contribution in [-0.4, -0.2) is 35.2 Å². The quantitative estimate of drug-likeness (QED) is 0.0976. The fourth-order valence-electron chi connectivity index (χ4n) is 3.83. The molecular formula is C30H26N4O3S3. The molecule has 40 heavy (non-hydrogen) atoms. The van der Waals surface area contributed by atoms with Crippen LogP contribution in [0.15, 0.2) is 105 Å². The van der Waals surface area contributed by atoms with E-state index >= 15 is 0 Å². The molecule has 0 aliphatic rings. The molecule has 1 aromatic heterocycles. The van der Waals surface area contributed by atoms with Gasteiger partial charge in [-0.1, -0.05) is 108 Å². The molecule has 4 aromatic carbocycles. The Labute approximate surface area is 245 Å². The SMILES string of the molecule is COc1cc(/C=N/NC(=O)CSc2nnc(SCc3cccc4ccccc34)s2)ccc1OCc1ccccc1. The van der Waals surface area contributed by atoms with Crippen molar-refractivity contribution in [3.05, 3.63) is 108 Å². The molecule has 0 fully saturated rings. The van der Waals surface area contributed by atoms with E-state index in [2.05, 4.69) is 57.1 Å². The third-order valence-electron chi connectivity index (χ3n) is 5.77. The van der Waals surface area contributed by atoms with Gasteiger partial charge in [0.25, 0.3) is 5.91 Å². The number of hydrogen-bond acceptors (Lipinski definition) is 9. The van der Waals surface area contributed by atoms with Crippen LogP contribution in [0, 0.1) is 0 Å². The van der Waals surface area contributed by atoms with Gasteiger partial charge >= 0.3 is 0 Å². The summed E-state index contributed by atoms with van der Waals surface area (Å²) in [4.78, 5) is 12.3. The number of hydrazone groups is 1. The number of fused-ring (bicyclic) bond motifs is 1. The molecule has 0 saturated heterocycles. The van der Waals surface area contributed by atoms with Gasteiger partial charge < -0.3 is 9.47 Å². The number of carbonyl (C=O) groups is 1. The number of thioether (sulfide) groups is 2. The number of carbonyl (C=O) groups excluding carboxylic acids is 1. The maximum atomic E-state index is 12.3. The largest absolute Gasteiger partial charge is 0.493 e. The Morgan fingerprint density at radius 3 is 2.55 bits per heavy atom. The average molecular weight is 587 g/mol. The molecule has 0 unspecified atom stereocenters. The monoisotopic (exact) mass is 586 g/mol. The number of hydrogen-bond donors (Lipinski definition) is 1. The molecule has 5 rings (SSSR count). The lowest BCUT2D eigenvalue weighted by molar-refractivity contribution is -0.118. The number of aromatic nitrogens is 2. The fraction of sp³-hybridized carbons (Fsp3) is 0.133. The summed E-state index contributed by atoms with van der Waals surface area (Å²) in [7, 11) is 1.59. The maximum Gasteiger partial charge on any atom is 0.250 e. The molecule has 1 heterocycles. The predicted molar refractivity (Wildman–Crippen MR) is 164 cm³/mol. The van der Waals surface area contributed by atoms with Gasteiger partial charge in [0.1, 0.15) is 6.61 Å². The van der Waals surface area contributed by atoms with Gasteiger partial charge in [-0.25, -0.2) is 5.43 Å². The lowest BCUT2D eigenvalue weighted by Gasteiger charge is -2.11. The first-order valence-corrected chi connectivity index (χ1v) is 15.2. The van der Waals surface area contributed by atoms with Crippen LogP contribution >= 0.6 is 34.9 Å². The van der Waals surface area contributed by atoms with E-state index in [1.54, 1.807) is 25.1 Å². The first-order chi connectivity index (χ1) is 19.7. The molecule has 10 heteroatoms. The Kier molecular flexibility index (Phi) is 9.68. The molecule has 202 valence electrons. The van der Waals surface area contributed by atoms with Crippen molar-refractivity contribution < 1.29 is 14.3 Å². The molecule has 0 atom stereocenters. The zero-order valence-corrected chi connectivity index (χ0v) is 24.1. The van der Waals surface area contributed by atoms with E-state index in [-0.39, 0.29) is 11.7 Å². The molecule has 1 N–H and O–H groups in total. The fourth-order valence-corrected chi connectivity index (χ4v) is 6.65. The highest BCUT2D eigenvalue weighted by atomic mass is 32.2. The number of methoxy groups -OCH3 is 1. The number of amides is 1. The summed E-state index contributed by atoms with van der Waals surface area (Å²) in [6, 6.07) is 30.1. The van der Waals surface area contributed by atoms with E-state index in [1.807, 2.05) is 54.6 Å². The van der Waals surface area contributed by atoms with Gasteiger partial charge in [0.2, 0.25) is 0 Å². The average Bonchev–Trinajstić information content (AvgIpc) is 3.46. The van der Waals surface area contributed by atoms with Crippen LogP contribution in [0.5, 0.6) is 11.5 Å². The second kappa shape index (κ2) is 14.0. The van der Waals surface area contributed by atoms with E-state index in [0.29, 0.717) is 18.1 Å². The molecule has 0 aliphatic heterocycles. The highest BCUT2D eigenvalue weighted by Gasteiger charge is 2.10. The molecule has 5 aromatic rings. The molecule has 0 saturated carbocycles. The van der Waals surface area contributed by atoms with Gasteiger partial charge in [-0.3, -0.25) is 4.79 Å². The Morgan fingerprint density at radius 1 is 0.925 bits per heavy atom. The molecule has 0 aliphatic carbocycles. The predicted octanol–water partition coefficient (Wildman–Crippen LogP) is 6.81. The maximum absolute atomic E-state index is 12.3. The summed E-state index contributed by atoms with van der Waals surface area (Å²) in [6.45, 7) is 0.442. The van der Waals surface area contributed by atoms with Gasteiger partial charge in [0, 0.05) is 5.75 Å². The molecule has 0 bridgehead atoms. The van der Waals surface area contributed by atoms with Crippen LogP contribution in [0.4, 0.5) is 0 Å². The van der Waals surface area contributed by atoms with E-state index in [4.69, 9.17) is 9.47 Å². The van der Waals surface area contributed by atoms with Crippen LogP contribution in [0.1, 0.15) is 16.7 Å². The minimum Gasteiger partial charge on any atom is -0.493 e. The van der Waals surface area contributed by atoms with Crippen molar-refractivity contribution in [3.63, 3.8) is 0 Å². The van der Waals surface area contributed by atoms with Gasteiger partial charge in [0.15, 0.2) is 20.2 Å². The number of rotatable bonds is 12. The summed E-state index contributed by atoms with van der Waals surface area (Å²) < 4.78 is 13.0. The lowest BCUT2D eigenvalue weighted by Crippen LogP contribution is -2.19. The van der Waals surface area contributed by atoms with E-state index in [9.17, 15) is 4.79 Å². The molecular weight excluding hydrogens is 561 g/mol. The first-order valence-electron chi connectivity index (χ1n) is 12.4. The number of nitrogens with one attached hydrogen (secondary N) is 1. The number of nitrogens with zero attached hydrogens (tertiary/aromatic N) is 3. The van der Waals surface area contributed by atoms with Crippen LogP contribution < -0.4 is 14.9 Å². The van der Waals surface area contributed by atoms with E-state index in [1.165, 1.54) is 39.4 Å². The summed E-state index contributed by atoms with van der Waals surface area (Å²) in [5, 5.41) is 15.0. The van der Waals surface area contributed by atoms with Crippen LogP contribution in [0.25, 0.3) is 10.8 Å². The van der Waals surface area contributed by atoms with Crippen molar-refractivity contribution in [2.75, 3.05) is 12.9 Å². The van der Waals surface area contributed by atoms with Crippen LogP contribution in [-0.2, 0) is 17.2 Å². The zero-order valence-electron chi connectivity index (χ0n) is 21.7. The third-order valence-corrected chi connectivity index (χ3v) is 9.01. The van der Waals surface area contributed by atoms with Gasteiger partial charge in [-0.15, -0.1) is 10.2 Å². The van der Waals surface area contributed by atoms with Crippen molar-refractivity contribution in [1.29, 1.82) is 0 Å². The van der Waals surface area contributed by atoms with Gasteiger partial charge in [-0.2, -0.15) is 5.10 Å². The van der Waals surface area contributed by atoms with E-state index < -0.39 is 0 Å². The first kappa shape index (κ1) is 27.7. The smallest absolute Gasteiger partial charge is 0.250 e. The number of benzene rings is 4. The Hall–Kier alpha value is -3.86. The van der Waals surface area contributed by atoms with Crippen molar-refractivity contribution in [2.45, 2.75) is 21.0 Å². The summed E-state index contributed by atoms with van der Waals surface area (Å²) >= 11 is 4.48. The van der Waals surface area contributed by atoms with Crippen LogP contribution in [0.3, 0.4) is 0 Å². The lowest BCUT2D eigenvalue weighted by atomic mass is 10.1. The Bertz CT molecular complexity index is 1600. The topological polar surface area (TPSA) is 85.7 Å². The van der Waals surface area contributed by atoms with Crippen molar-refractivity contribution in [2.24, 2.45) is 5.10 Å². The highest BCUT2D eigenvalue weighted by Crippen LogP contribution is 2.32. The number of ether oxygens (including phenoxy) is 2. The molecule has 0 spiro atoms. The molecule has 1 amide bonds. The second-order valence-corrected chi connectivity index (χ2v) is 11.9. The van der Waals surface area contributed by atoms with Crippen molar-refractivity contribution >= 4 is 57.8 Å². The third kappa shape index (κ3) is 7.62. The highest BCUT2D eigenvalue weighted by molar-refractivity contribution is 8.03. The van der Waals surface area contributed by atoms with E-state index in [0.717, 1.165) is 25.6 Å². The minimum absolute atomic E-state index is 0.190. The minimum atomic E-state index is -0.226. The Morgan fingerprint density at radius 2 is 1.70 bits per heavy atom. The van der Waals surface area contributed by atoms with Crippen LogP contribution in [0.2, 0.25) is 0 Å². The van der Waals surface area contributed by atoms with Gasteiger partial charge in [0.05, 0.1) is 19.1 Å². The normalized spacial score (nSPS) is 11.1.